The maximum atomic E-state index is 12.2. The molecule has 0 aliphatic carbocycles. The molecule has 150 valence electrons. The van der Waals surface area contributed by atoms with Crippen LogP contribution >= 0.6 is 0 Å². The van der Waals surface area contributed by atoms with Gasteiger partial charge >= 0.3 is 0 Å². The van der Waals surface area contributed by atoms with E-state index in [2.05, 4.69) is 51.3 Å². The Labute approximate surface area is 165 Å². The molecule has 2 aromatic rings. The summed E-state index contributed by atoms with van der Waals surface area (Å²) in [5.74, 6) is 0.390. The van der Waals surface area contributed by atoms with Crippen molar-refractivity contribution in [2.75, 3.05) is 44.2 Å². The lowest BCUT2D eigenvalue weighted by atomic mass is 10.2. The van der Waals surface area contributed by atoms with Crippen LogP contribution in [-0.4, -0.2) is 61.2 Å². The topological polar surface area (TPSA) is 70.8 Å². The molecule has 0 saturated carbocycles. The van der Waals surface area contributed by atoms with Crippen molar-refractivity contribution in [2.45, 2.75) is 32.4 Å². The minimum absolute atomic E-state index is 0.125. The number of piperazine rings is 1. The first-order valence-corrected chi connectivity index (χ1v) is 10.1. The van der Waals surface area contributed by atoms with Crippen molar-refractivity contribution in [3.8, 4) is 0 Å². The van der Waals surface area contributed by atoms with E-state index in [4.69, 9.17) is 9.15 Å². The molecule has 2 fully saturated rings. The normalized spacial score (nSPS) is 20.5. The third-order valence-electron chi connectivity index (χ3n) is 5.43. The first-order chi connectivity index (χ1) is 13.7. The van der Waals surface area contributed by atoms with Gasteiger partial charge in [-0.2, -0.15) is 0 Å². The van der Waals surface area contributed by atoms with E-state index < -0.39 is 0 Å². The first kappa shape index (κ1) is 19.0. The predicted octanol–water partition coefficient (Wildman–Crippen LogP) is 2.21. The number of amides is 1. The van der Waals surface area contributed by atoms with Gasteiger partial charge in [-0.1, -0.05) is 17.7 Å². The Bertz CT molecular complexity index is 775. The Balaban J connectivity index is 1.24. The van der Waals surface area contributed by atoms with Gasteiger partial charge < -0.3 is 19.4 Å². The first-order valence-electron chi connectivity index (χ1n) is 10.1. The molecule has 2 aliphatic rings. The van der Waals surface area contributed by atoms with Gasteiger partial charge in [-0.3, -0.25) is 9.69 Å². The summed E-state index contributed by atoms with van der Waals surface area (Å²) in [6, 6.07) is 8.67. The number of anilines is 1. The largest absolute Gasteiger partial charge is 0.447 e. The lowest BCUT2D eigenvalue weighted by Crippen LogP contribution is -2.46. The van der Waals surface area contributed by atoms with Crippen molar-refractivity contribution in [2.24, 2.45) is 0 Å². The lowest BCUT2D eigenvalue weighted by molar-refractivity contribution is 0.0853. The van der Waals surface area contributed by atoms with Crippen molar-refractivity contribution in [3.63, 3.8) is 0 Å². The Morgan fingerprint density at radius 3 is 2.71 bits per heavy atom. The summed E-state index contributed by atoms with van der Waals surface area (Å²) in [5, 5.41) is 2.88. The number of rotatable bonds is 6. The van der Waals surface area contributed by atoms with Crippen molar-refractivity contribution in [1.82, 2.24) is 15.2 Å². The molecule has 1 unspecified atom stereocenters. The monoisotopic (exact) mass is 384 g/mol. The van der Waals surface area contributed by atoms with Crippen LogP contribution in [0.4, 0.5) is 5.69 Å². The van der Waals surface area contributed by atoms with E-state index in [0.717, 1.165) is 45.6 Å². The SMILES string of the molecule is Cc1ccc(N2CCN(Cc3nc(C(=O)NCC4CCCO4)co3)CC2)cc1. The number of hydrogen-bond donors (Lipinski definition) is 1. The number of aryl methyl sites for hydroxylation is 1. The summed E-state index contributed by atoms with van der Waals surface area (Å²) in [7, 11) is 0. The standard InChI is InChI=1S/C21H28N4O3/c1-16-4-6-17(7-5-16)25-10-8-24(9-11-25)14-20-23-19(15-28-20)21(26)22-13-18-3-2-12-27-18/h4-7,15,18H,2-3,8-14H2,1H3,(H,22,26). The molecule has 0 radical (unpaired) electrons. The quantitative estimate of drug-likeness (QED) is 0.824. The molecule has 1 atom stereocenters. The number of carbonyl (C=O) groups excluding carboxylic acids is 1. The number of nitrogens with one attached hydrogen (secondary N) is 1. The van der Waals surface area contributed by atoms with Crippen molar-refractivity contribution in [3.05, 3.63) is 47.7 Å². The van der Waals surface area contributed by atoms with E-state index in [1.165, 1.54) is 17.5 Å². The van der Waals surface area contributed by atoms with Gasteiger partial charge in [-0.15, -0.1) is 0 Å². The van der Waals surface area contributed by atoms with Crippen LogP contribution in [0.25, 0.3) is 0 Å². The fraction of sp³-hybridized carbons (Fsp3) is 0.524. The number of carbonyl (C=O) groups is 1. The molecule has 3 heterocycles. The molecular weight excluding hydrogens is 356 g/mol. The van der Waals surface area contributed by atoms with E-state index in [0.29, 0.717) is 24.7 Å². The molecule has 1 amide bonds. The highest BCUT2D eigenvalue weighted by atomic mass is 16.5. The maximum absolute atomic E-state index is 12.2. The Morgan fingerprint density at radius 2 is 2.00 bits per heavy atom. The summed E-state index contributed by atoms with van der Waals surface area (Å²) in [6.45, 7) is 7.87. The second-order valence-electron chi connectivity index (χ2n) is 7.57. The molecule has 28 heavy (non-hydrogen) atoms. The summed E-state index contributed by atoms with van der Waals surface area (Å²) in [6.07, 6.45) is 3.63. The summed E-state index contributed by atoms with van der Waals surface area (Å²) in [5.41, 5.74) is 2.89. The number of hydrogen-bond acceptors (Lipinski definition) is 6. The molecule has 1 aromatic heterocycles. The molecule has 7 nitrogen and oxygen atoms in total. The number of oxazole rings is 1. The second-order valence-corrected chi connectivity index (χ2v) is 7.57. The Morgan fingerprint density at radius 1 is 1.21 bits per heavy atom. The van der Waals surface area contributed by atoms with Crippen molar-refractivity contribution >= 4 is 11.6 Å². The Hall–Kier alpha value is -2.38. The molecular formula is C21H28N4O3. The average Bonchev–Trinajstić information content (AvgIpc) is 3.40. The smallest absolute Gasteiger partial charge is 0.273 e. The van der Waals surface area contributed by atoms with Gasteiger partial charge in [0.2, 0.25) is 5.89 Å². The summed E-state index contributed by atoms with van der Waals surface area (Å²) in [4.78, 5) is 21.3. The zero-order valence-electron chi connectivity index (χ0n) is 16.4. The van der Waals surface area contributed by atoms with E-state index in [1.54, 1.807) is 0 Å². The highest BCUT2D eigenvalue weighted by Gasteiger charge is 2.21. The van der Waals surface area contributed by atoms with Crippen LogP contribution < -0.4 is 10.2 Å². The zero-order valence-corrected chi connectivity index (χ0v) is 16.4. The van der Waals surface area contributed by atoms with Gasteiger partial charge in [0.05, 0.1) is 12.6 Å². The predicted molar refractivity (Wildman–Crippen MR) is 106 cm³/mol. The number of aromatic nitrogens is 1. The Kier molecular flexibility index (Phi) is 5.92. The van der Waals surface area contributed by atoms with Crippen LogP contribution in [0.5, 0.6) is 0 Å². The van der Waals surface area contributed by atoms with Crippen LogP contribution in [0.15, 0.2) is 34.9 Å². The van der Waals surface area contributed by atoms with E-state index >= 15 is 0 Å². The minimum atomic E-state index is -0.199. The highest BCUT2D eigenvalue weighted by Crippen LogP contribution is 2.18. The summed E-state index contributed by atoms with van der Waals surface area (Å²) >= 11 is 0. The summed E-state index contributed by atoms with van der Waals surface area (Å²) < 4.78 is 11.0. The van der Waals surface area contributed by atoms with Crippen molar-refractivity contribution in [1.29, 1.82) is 0 Å². The molecule has 1 N–H and O–H groups in total. The van der Waals surface area contributed by atoms with E-state index in [-0.39, 0.29) is 12.0 Å². The van der Waals surface area contributed by atoms with Crippen LogP contribution in [0, 0.1) is 6.92 Å². The molecule has 4 rings (SSSR count). The van der Waals surface area contributed by atoms with Crippen LogP contribution in [0.2, 0.25) is 0 Å². The zero-order chi connectivity index (χ0) is 19.3. The van der Waals surface area contributed by atoms with Crippen LogP contribution in [-0.2, 0) is 11.3 Å². The van der Waals surface area contributed by atoms with Gasteiger partial charge in [0.25, 0.3) is 5.91 Å². The molecule has 0 bridgehead atoms. The van der Waals surface area contributed by atoms with Crippen LogP contribution in [0.1, 0.15) is 34.8 Å². The third kappa shape index (κ3) is 4.72. The molecule has 2 aliphatic heterocycles. The highest BCUT2D eigenvalue weighted by molar-refractivity contribution is 5.91. The van der Waals surface area contributed by atoms with Gasteiger partial charge in [0.1, 0.15) is 6.26 Å². The van der Waals surface area contributed by atoms with Crippen molar-refractivity contribution < 1.29 is 13.9 Å². The third-order valence-corrected chi connectivity index (χ3v) is 5.43. The lowest BCUT2D eigenvalue weighted by Gasteiger charge is -2.35. The number of benzene rings is 1. The van der Waals surface area contributed by atoms with Gasteiger partial charge in [0.15, 0.2) is 5.69 Å². The van der Waals surface area contributed by atoms with E-state index in [9.17, 15) is 4.79 Å². The van der Waals surface area contributed by atoms with E-state index in [1.807, 2.05) is 0 Å². The molecule has 0 spiro atoms. The fourth-order valence-electron chi connectivity index (χ4n) is 3.70. The maximum Gasteiger partial charge on any atom is 0.273 e. The number of nitrogens with zero attached hydrogens (tertiary/aromatic N) is 3. The van der Waals surface area contributed by atoms with Gasteiger partial charge in [-0.05, 0) is 31.9 Å². The number of ether oxygens (including phenoxy) is 1. The molecule has 2 saturated heterocycles. The van der Waals surface area contributed by atoms with Gasteiger partial charge in [-0.25, -0.2) is 4.98 Å². The average molecular weight is 384 g/mol. The second kappa shape index (κ2) is 8.75. The van der Waals surface area contributed by atoms with Crippen LogP contribution in [0.3, 0.4) is 0 Å². The van der Waals surface area contributed by atoms with Gasteiger partial charge in [0, 0.05) is 45.0 Å². The molecule has 1 aromatic carbocycles. The molecule has 7 heteroatoms. The minimum Gasteiger partial charge on any atom is -0.447 e. The fourth-order valence-corrected chi connectivity index (χ4v) is 3.70.